The van der Waals surface area contributed by atoms with Crippen LogP contribution in [0.5, 0.6) is 5.75 Å². The fourth-order valence-electron chi connectivity index (χ4n) is 2.94. The molecule has 3 rings (SSSR count). The van der Waals surface area contributed by atoms with Gasteiger partial charge in [0.25, 0.3) is 11.5 Å². The Morgan fingerprint density at radius 1 is 1.17 bits per heavy atom. The van der Waals surface area contributed by atoms with Crippen LogP contribution in [0.15, 0.2) is 47.4 Å². The molecule has 8 heteroatoms. The third kappa shape index (κ3) is 5.14. The lowest BCUT2D eigenvalue weighted by Crippen LogP contribution is -2.27. The number of nitrogens with one attached hydrogen (secondary N) is 2. The van der Waals surface area contributed by atoms with Crippen LogP contribution in [-0.2, 0) is 0 Å². The molecule has 0 saturated carbocycles. The molecule has 2 heterocycles. The molecule has 0 saturated heterocycles. The van der Waals surface area contributed by atoms with E-state index in [1.807, 2.05) is 31.2 Å². The number of hydrogen-bond acceptors (Lipinski definition) is 5. The van der Waals surface area contributed by atoms with Gasteiger partial charge in [-0.15, -0.1) is 0 Å². The molecule has 1 aromatic carbocycles. The zero-order chi connectivity index (χ0) is 21.7. The number of hydrogen-bond donors (Lipinski definition) is 2. The maximum Gasteiger partial charge on any atom is 0.264 e. The molecule has 0 radical (unpaired) electrons. The Hall–Kier alpha value is -3.42. The summed E-state index contributed by atoms with van der Waals surface area (Å²) in [4.78, 5) is 23.9. The van der Waals surface area contributed by atoms with E-state index in [2.05, 4.69) is 34.5 Å². The van der Waals surface area contributed by atoms with Crippen molar-refractivity contribution in [3.05, 3.63) is 69.8 Å². The van der Waals surface area contributed by atoms with Crippen molar-refractivity contribution < 1.29 is 9.53 Å². The summed E-state index contributed by atoms with van der Waals surface area (Å²) >= 11 is 0. The molecule has 158 valence electrons. The van der Waals surface area contributed by atoms with E-state index < -0.39 is 0 Å². The van der Waals surface area contributed by atoms with Crippen molar-refractivity contribution >= 4 is 5.91 Å². The van der Waals surface area contributed by atoms with Gasteiger partial charge in [-0.25, -0.2) is 9.78 Å². The summed E-state index contributed by atoms with van der Waals surface area (Å²) in [6.07, 6.45) is 2.51. The zero-order valence-electron chi connectivity index (χ0n) is 17.7. The van der Waals surface area contributed by atoms with Crippen LogP contribution in [0.3, 0.4) is 0 Å². The Bertz CT molecular complexity index is 1030. The second kappa shape index (κ2) is 9.39. The number of carbonyl (C=O) groups excluding carboxylic acids is 1. The Kier molecular flexibility index (Phi) is 6.66. The van der Waals surface area contributed by atoms with E-state index in [-0.39, 0.29) is 17.5 Å². The highest BCUT2D eigenvalue weighted by Crippen LogP contribution is 2.19. The molecule has 30 heavy (non-hydrogen) atoms. The number of aromatic nitrogens is 4. The number of carbonyl (C=O) groups is 1. The van der Waals surface area contributed by atoms with Crippen molar-refractivity contribution in [3.8, 4) is 11.6 Å². The van der Waals surface area contributed by atoms with Gasteiger partial charge >= 0.3 is 0 Å². The van der Waals surface area contributed by atoms with Crippen LogP contribution in [0.1, 0.15) is 54.8 Å². The summed E-state index contributed by atoms with van der Waals surface area (Å²) in [5, 5.41) is 13.5. The summed E-state index contributed by atoms with van der Waals surface area (Å²) in [7, 11) is 0. The van der Waals surface area contributed by atoms with Crippen LogP contribution in [0.2, 0.25) is 0 Å². The predicted octanol–water partition coefficient (Wildman–Crippen LogP) is 3.18. The molecule has 0 aliphatic carbocycles. The molecule has 0 aliphatic rings. The van der Waals surface area contributed by atoms with E-state index in [9.17, 15) is 9.59 Å². The highest BCUT2D eigenvalue weighted by molar-refractivity contribution is 5.95. The smallest absolute Gasteiger partial charge is 0.264 e. The third-order valence-corrected chi connectivity index (χ3v) is 4.83. The van der Waals surface area contributed by atoms with Crippen LogP contribution in [0, 0.1) is 12.8 Å². The van der Waals surface area contributed by atoms with Crippen molar-refractivity contribution in [2.45, 2.75) is 40.2 Å². The lowest BCUT2D eigenvalue weighted by molar-refractivity contribution is 0.0939. The second-order valence-electron chi connectivity index (χ2n) is 7.63. The Morgan fingerprint density at radius 2 is 1.90 bits per heavy atom. The molecular formula is C22H27N5O3. The van der Waals surface area contributed by atoms with Crippen molar-refractivity contribution in [1.29, 1.82) is 0 Å². The van der Waals surface area contributed by atoms with Gasteiger partial charge in [-0.2, -0.15) is 10.2 Å². The van der Waals surface area contributed by atoms with Gasteiger partial charge in [0.05, 0.1) is 30.1 Å². The fourth-order valence-corrected chi connectivity index (χ4v) is 2.94. The first-order valence-electron chi connectivity index (χ1n) is 9.99. The summed E-state index contributed by atoms with van der Waals surface area (Å²) in [5.74, 6) is 1.64. The minimum Gasteiger partial charge on any atom is -0.494 e. The van der Waals surface area contributed by atoms with Gasteiger partial charge in [0, 0.05) is 6.07 Å². The largest absolute Gasteiger partial charge is 0.494 e. The number of benzene rings is 1. The first kappa shape index (κ1) is 21.3. The van der Waals surface area contributed by atoms with Crippen molar-refractivity contribution in [2.24, 2.45) is 5.92 Å². The van der Waals surface area contributed by atoms with Crippen LogP contribution in [-0.4, -0.2) is 32.5 Å². The molecule has 2 aromatic heterocycles. The summed E-state index contributed by atoms with van der Waals surface area (Å²) in [6.45, 7) is 8.73. The van der Waals surface area contributed by atoms with Crippen molar-refractivity contribution in [1.82, 2.24) is 25.3 Å². The molecule has 0 spiro atoms. The van der Waals surface area contributed by atoms with Gasteiger partial charge in [-0.3, -0.25) is 9.59 Å². The number of rotatable bonds is 8. The number of amides is 1. The van der Waals surface area contributed by atoms with Gasteiger partial charge in [0.1, 0.15) is 5.75 Å². The molecule has 1 atom stereocenters. The number of H-pyrrole nitrogens is 1. The van der Waals surface area contributed by atoms with Gasteiger partial charge in [-0.1, -0.05) is 26.0 Å². The van der Waals surface area contributed by atoms with Gasteiger partial charge < -0.3 is 10.1 Å². The Labute approximate surface area is 175 Å². The second-order valence-corrected chi connectivity index (χ2v) is 7.63. The zero-order valence-corrected chi connectivity index (χ0v) is 17.7. The average Bonchev–Trinajstić information content (AvgIpc) is 3.10. The number of ether oxygens (including phenoxy) is 1. The molecule has 1 amide bonds. The molecule has 3 aromatic rings. The lowest BCUT2D eigenvalue weighted by atomic mass is 10.1. The molecule has 2 N–H and O–H groups in total. The first-order chi connectivity index (χ1) is 14.3. The monoisotopic (exact) mass is 409 g/mol. The topological polar surface area (TPSA) is 102 Å². The normalized spacial score (nSPS) is 12.0. The third-order valence-electron chi connectivity index (χ3n) is 4.83. The summed E-state index contributed by atoms with van der Waals surface area (Å²) < 4.78 is 7.26. The van der Waals surface area contributed by atoms with Crippen LogP contribution in [0.25, 0.3) is 5.82 Å². The molecular weight excluding hydrogens is 382 g/mol. The molecule has 0 aliphatic heterocycles. The Morgan fingerprint density at radius 3 is 2.53 bits per heavy atom. The summed E-state index contributed by atoms with van der Waals surface area (Å²) in [5.41, 5.74) is 1.76. The quantitative estimate of drug-likeness (QED) is 0.595. The van der Waals surface area contributed by atoms with Crippen molar-refractivity contribution in [2.75, 3.05) is 6.61 Å². The van der Waals surface area contributed by atoms with E-state index in [1.54, 1.807) is 13.0 Å². The van der Waals surface area contributed by atoms with E-state index >= 15 is 0 Å². The lowest BCUT2D eigenvalue weighted by Gasteiger charge is -2.15. The predicted molar refractivity (Wildman–Crippen MR) is 114 cm³/mol. The summed E-state index contributed by atoms with van der Waals surface area (Å²) in [6, 6.07) is 10.5. The molecule has 8 nitrogen and oxygen atoms in total. The number of aromatic amines is 1. The molecule has 0 bridgehead atoms. The van der Waals surface area contributed by atoms with Crippen LogP contribution >= 0.6 is 0 Å². The minimum absolute atomic E-state index is 0.184. The Balaban J connectivity index is 1.64. The number of nitrogens with zero attached hydrogens (tertiary/aromatic N) is 3. The maximum atomic E-state index is 12.8. The SMILES string of the molecule is Cc1c(C(=O)NC(C)c2ccc(OCCC(C)C)cc2)cnn1-c1ccc(=O)[nH]n1. The highest BCUT2D eigenvalue weighted by atomic mass is 16.5. The maximum absolute atomic E-state index is 12.8. The first-order valence-corrected chi connectivity index (χ1v) is 9.99. The van der Waals surface area contributed by atoms with E-state index in [0.717, 1.165) is 17.7 Å². The van der Waals surface area contributed by atoms with E-state index in [0.29, 0.717) is 29.6 Å². The molecule has 1 unspecified atom stereocenters. The minimum atomic E-state index is -0.299. The molecule has 0 fully saturated rings. The average molecular weight is 409 g/mol. The van der Waals surface area contributed by atoms with Gasteiger partial charge in [0.2, 0.25) is 0 Å². The van der Waals surface area contributed by atoms with Gasteiger partial charge in [-0.05, 0) is 49.9 Å². The van der Waals surface area contributed by atoms with Crippen LogP contribution in [0.4, 0.5) is 0 Å². The highest BCUT2D eigenvalue weighted by Gasteiger charge is 2.18. The van der Waals surface area contributed by atoms with Crippen molar-refractivity contribution in [3.63, 3.8) is 0 Å². The standard InChI is InChI=1S/C22H27N5O3/c1-14(2)11-12-30-18-7-5-17(6-8-18)15(3)24-22(29)19-13-23-27(16(19)4)20-9-10-21(28)26-25-20/h5-10,13-15H,11-12H2,1-4H3,(H,24,29)(H,26,28). The fraction of sp³-hybridized carbons (Fsp3) is 0.364. The van der Waals surface area contributed by atoms with E-state index in [4.69, 9.17) is 4.74 Å². The van der Waals surface area contributed by atoms with Crippen LogP contribution < -0.4 is 15.6 Å². The van der Waals surface area contributed by atoms with E-state index in [1.165, 1.54) is 16.9 Å². The van der Waals surface area contributed by atoms with Gasteiger partial charge in [0.15, 0.2) is 5.82 Å².